The number of carbonyl (C=O) groups is 1. The summed E-state index contributed by atoms with van der Waals surface area (Å²) < 4.78 is 10.0. The van der Waals surface area contributed by atoms with E-state index in [2.05, 4.69) is 6.58 Å². The number of ether oxygens (including phenoxy) is 2. The Morgan fingerprint density at radius 2 is 2.44 bits per heavy atom. The van der Waals surface area contributed by atoms with E-state index in [0.717, 1.165) is 0 Å². The van der Waals surface area contributed by atoms with Gasteiger partial charge in [0.15, 0.2) is 12.6 Å². The van der Waals surface area contributed by atoms with Crippen molar-refractivity contribution < 1.29 is 19.4 Å². The number of hydrogen-bond donors (Lipinski definition) is 1. The topological polar surface area (TPSA) is 55.8 Å². The van der Waals surface area contributed by atoms with Crippen LogP contribution in [0.1, 0.15) is 12.8 Å². The van der Waals surface area contributed by atoms with E-state index in [0.29, 0.717) is 18.6 Å². The Hall–Kier alpha value is -1.13. The highest BCUT2D eigenvalue weighted by Crippen LogP contribution is 2.30. The standard InChI is InChI=1S/C12H18O4/c1-3-4-11-9(7-13)5-10(6-12(11)14)16-8-15-2/h3,6,9,11,13H,1,4-5,7-8H2,2H3/t9-,11-/m0/s1. The highest BCUT2D eigenvalue weighted by Gasteiger charge is 2.31. The SMILES string of the molecule is C=CC[C@@H]1C(=O)C=C(OCOC)C[C@H]1CO. The molecule has 1 aliphatic carbocycles. The first-order chi connectivity index (χ1) is 7.72. The molecule has 0 saturated heterocycles. The summed E-state index contributed by atoms with van der Waals surface area (Å²) in [5.74, 6) is 0.335. The molecule has 0 heterocycles. The zero-order valence-electron chi connectivity index (χ0n) is 9.52. The van der Waals surface area contributed by atoms with E-state index in [-0.39, 0.29) is 31.0 Å². The molecule has 0 radical (unpaired) electrons. The molecule has 0 aromatic carbocycles. The van der Waals surface area contributed by atoms with Crippen molar-refractivity contribution in [3.8, 4) is 0 Å². The van der Waals surface area contributed by atoms with E-state index in [1.807, 2.05) is 0 Å². The van der Waals surface area contributed by atoms with Crippen molar-refractivity contribution in [1.29, 1.82) is 0 Å². The predicted molar refractivity (Wildman–Crippen MR) is 59.5 cm³/mol. The van der Waals surface area contributed by atoms with Gasteiger partial charge in [0.2, 0.25) is 0 Å². The van der Waals surface area contributed by atoms with Crippen molar-refractivity contribution in [2.24, 2.45) is 11.8 Å². The first kappa shape index (κ1) is 12.9. The third-order valence-electron chi connectivity index (χ3n) is 2.72. The predicted octanol–water partition coefficient (Wildman–Crippen LogP) is 1.26. The van der Waals surface area contributed by atoms with Crippen LogP contribution >= 0.6 is 0 Å². The van der Waals surface area contributed by atoms with E-state index in [9.17, 15) is 9.90 Å². The molecule has 4 nitrogen and oxygen atoms in total. The minimum Gasteiger partial charge on any atom is -0.472 e. The zero-order valence-corrected chi connectivity index (χ0v) is 9.52. The van der Waals surface area contributed by atoms with E-state index in [4.69, 9.17) is 9.47 Å². The quantitative estimate of drug-likeness (QED) is 0.547. The Balaban J connectivity index is 2.69. The lowest BCUT2D eigenvalue weighted by Gasteiger charge is -2.27. The number of aliphatic hydroxyl groups excluding tert-OH is 1. The second kappa shape index (κ2) is 6.45. The summed E-state index contributed by atoms with van der Waals surface area (Å²) in [5.41, 5.74) is 0. The third-order valence-corrected chi connectivity index (χ3v) is 2.72. The average Bonchev–Trinajstić information content (AvgIpc) is 2.29. The summed E-state index contributed by atoms with van der Waals surface area (Å²) in [6.07, 6.45) is 4.38. The summed E-state index contributed by atoms with van der Waals surface area (Å²) in [4.78, 5) is 11.8. The fraction of sp³-hybridized carbons (Fsp3) is 0.583. The minimum atomic E-state index is -0.169. The van der Waals surface area contributed by atoms with E-state index in [1.54, 1.807) is 6.08 Å². The lowest BCUT2D eigenvalue weighted by atomic mass is 9.80. The summed E-state index contributed by atoms with van der Waals surface area (Å²) in [7, 11) is 1.52. The molecule has 1 aliphatic rings. The number of allylic oxidation sites excluding steroid dienone is 3. The lowest BCUT2D eigenvalue weighted by molar-refractivity contribution is -0.122. The van der Waals surface area contributed by atoms with Crippen molar-refractivity contribution >= 4 is 5.78 Å². The summed E-state index contributed by atoms with van der Waals surface area (Å²) in [6, 6.07) is 0. The maximum atomic E-state index is 11.8. The lowest BCUT2D eigenvalue weighted by Crippen LogP contribution is -2.30. The number of ketones is 1. The largest absolute Gasteiger partial charge is 0.472 e. The third kappa shape index (κ3) is 3.18. The maximum Gasteiger partial charge on any atom is 0.188 e. The molecule has 1 N–H and O–H groups in total. The fourth-order valence-corrected chi connectivity index (χ4v) is 1.87. The van der Waals surface area contributed by atoms with Crippen LogP contribution in [-0.4, -0.2) is 31.4 Å². The molecule has 0 fully saturated rings. The molecule has 0 aromatic heterocycles. The van der Waals surface area contributed by atoms with Gasteiger partial charge in [0.1, 0.15) is 5.76 Å². The first-order valence-corrected chi connectivity index (χ1v) is 5.30. The highest BCUT2D eigenvalue weighted by atomic mass is 16.7. The Morgan fingerprint density at radius 1 is 1.69 bits per heavy atom. The van der Waals surface area contributed by atoms with Crippen molar-refractivity contribution in [3.63, 3.8) is 0 Å². The molecule has 0 unspecified atom stereocenters. The number of aliphatic hydroxyl groups is 1. The van der Waals surface area contributed by atoms with E-state index in [1.165, 1.54) is 13.2 Å². The Labute approximate surface area is 95.6 Å². The van der Waals surface area contributed by atoms with Gasteiger partial charge in [0.25, 0.3) is 0 Å². The summed E-state index contributed by atoms with van der Waals surface area (Å²) in [5, 5.41) is 9.25. The normalized spacial score (nSPS) is 25.1. The molecular weight excluding hydrogens is 208 g/mol. The molecule has 0 aromatic rings. The Bertz CT molecular complexity index is 283. The molecule has 0 bridgehead atoms. The zero-order chi connectivity index (χ0) is 12.0. The summed E-state index contributed by atoms with van der Waals surface area (Å²) in [6.45, 7) is 3.73. The molecule has 0 saturated carbocycles. The first-order valence-electron chi connectivity index (χ1n) is 5.30. The molecule has 0 amide bonds. The Kier molecular flexibility index (Phi) is 5.22. The van der Waals surface area contributed by atoms with Crippen LogP contribution in [0.15, 0.2) is 24.5 Å². The Morgan fingerprint density at radius 3 is 3.00 bits per heavy atom. The number of methoxy groups -OCH3 is 1. The van der Waals surface area contributed by atoms with Crippen molar-refractivity contribution in [1.82, 2.24) is 0 Å². The number of rotatable bonds is 6. The molecule has 0 spiro atoms. The molecule has 2 atom stereocenters. The van der Waals surface area contributed by atoms with Gasteiger partial charge in [-0.25, -0.2) is 0 Å². The van der Waals surface area contributed by atoms with Crippen molar-refractivity contribution in [2.75, 3.05) is 20.5 Å². The average molecular weight is 226 g/mol. The van der Waals surface area contributed by atoms with Crippen LogP contribution in [0.3, 0.4) is 0 Å². The van der Waals surface area contributed by atoms with Crippen LogP contribution in [0.4, 0.5) is 0 Å². The number of carbonyl (C=O) groups excluding carboxylic acids is 1. The van der Waals surface area contributed by atoms with Crippen LogP contribution in [0.5, 0.6) is 0 Å². The van der Waals surface area contributed by atoms with Gasteiger partial charge in [-0.05, 0) is 12.3 Å². The second-order valence-corrected chi connectivity index (χ2v) is 3.84. The van der Waals surface area contributed by atoms with Gasteiger partial charge in [-0.15, -0.1) is 6.58 Å². The van der Waals surface area contributed by atoms with Gasteiger partial charge < -0.3 is 14.6 Å². The van der Waals surface area contributed by atoms with Gasteiger partial charge in [0.05, 0.1) is 0 Å². The summed E-state index contributed by atoms with van der Waals surface area (Å²) >= 11 is 0. The van der Waals surface area contributed by atoms with Crippen LogP contribution in [0, 0.1) is 11.8 Å². The van der Waals surface area contributed by atoms with Gasteiger partial charge in [0, 0.05) is 32.1 Å². The molecule has 1 rings (SSSR count). The molecular formula is C12H18O4. The molecule has 0 aliphatic heterocycles. The van der Waals surface area contributed by atoms with E-state index >= 15 is 0 Å². The molecule has 16 heavy (non-hydrogen) atoms. The van der Waals surface area contributed by atoms with Gasteiger partial charge in [-0.2, -0.15) is 0 Å². The van der Waals surface area contributed by atoms with Crippen LogP contribution in [0.2, 0.25) is 0 Å². The second-order valence-electron chi connectivity index (χ2n) is 3.84. The van der Waals surface area contributed by atoms with Gasteiger partial charge in [-0.3, -0.25) is 4.79 Å². The van der Waals surface area contributed by atoms with Crippen LogP contribution in [-0.2, 0) is 14.3 Å². The van der Waals surface area contributed by atoms with Gasteiger partial charge in [-0.1, -0.05) is 6.08 Å². The van der Waals surface area contributed by atoms with E-state index < -0.39 is 0 Å². The minimum absolute atomic E-state index is 0.00342. The molecule has 4 heteroatoms. The highest BCUT2D eigenvalue weighted by molar-refractivity contribution is 5.93. The van der Waals surface area contributed by atoms with Crippen molar-refractivity contribution in [3.05, 3.63) is 24.5 Å². The molecule has 90 valence electrons. The van der Waals surface area contributed by atoms with Crippen molar-refractivity contribution in [2.45, 2.75) is 12.8 Å². The smallest absolute Gasteiger partial charge is 0.188 e. The monoisotopic (exact) mass is 226 g/mol. The van der Waals surface area contributed by atoms with Crippen LogP contribution < -0.4 is 0 Å². The number of hydrogen-bond acceptors (Lipinski definition) is 4. The fourth-order valence-electron chi connectivity index (χ4n) is 1.87. The van der Waals surface area contributed by atoms with Gasteiger partial charge >= 0.3 is 0 Å². The maximum absolute atomic E-state index is 11.8. The van der Waals surface area contributed by atoms with Crippen LogP contribution in [0.25, 0.3) is 0 Å².